The molecule has 15 heavy (non-hydrogen) atoms. The first-order valence-electron chi connectivity index (χ1n) is 5.98. The van der Waals surface area contributed by atoms with E-state index < -0.39 is 0 Å². The summed E-state index contributed by atoms with van der Waals surface area (Å²) in [5, 5.41) is 9.64. The van der Waals surface area contributed by atoms with Crippen LogP contribution in [0.5, 0.6) is 0 Å². The predicted molar refractivity (Wildman–Crippen MR) is 67.9 cm³/mol. The fourth-order valence-electron chi connectivity index (χ4n) is 2.35. The normalized spacial score (nSPS) is 25.1. The van der Waals surface area contributed by atoms with Gasteiger partial charge in [-0.1, -0.05) is 45.4 Å². The van der Waals surface area contributed by atoms with Crippen LogP contribution in [-0.4, -0.2) is 11.2 Å². The lowest BCUT2D eigenvalue weighted by Gasteiger charge is -2.35. The van der Waals surface area contributed by atoms with E-state index in [2.05, 4.69) is 32.9 Å². The van der Waals surface area contributed by atoms with Crippen LogP contribution in [-0.2, 0) is 0 Å². The third-order valence-corrected chi connectivity index (χ3v) is 2.81. The third-order valence-electron chi connectivity index (χ3n) is 2.81. The molecule has 0 aromatic carbocycles. The molecule has 1 heteroatoms. The summed E-state index contributed by atoms with van der Waals surface area (Å²) in [6.45, 7) is 12.6. The van der Waals surface area contributed by atoms with Gasteiger partial charge >= 0.3 is 0 Å². The minimum Gasteiger partial charge on any atom is -0.393 e. The minimum absolute atomic E-state index is 0.133. The molecule has 0 amide bonds. The minimum atomic E-state index is -0.149. The van der Waals surface area contributed by atoms with Crippen molar-refractivity contribution in [2.75, 3.05) is 0 Å². The molecular weight excluding hydrogens is 184 g/mol. The standard InChI is InChI=1S/C12H20O.C2H6/c1-5-6-11-9(2)7-10(13)8-12(11,3)4;1-2/h5-6,10,13H,7-8H2,1-4H3;1-2H3/b6-5+;. The maximum absolute atomic E-state index is 9.64. The zero-order chi connectivity index (χ0) is 12.1. The molecule has 0 fully saturated rings. The Balaban J connectivity index is 0.000000921. The van der Waals surface area contributed by atoms with Crippen LogP contribution < -0.4 is 0 Å². The van der Waals surface area contributed by atoms with Gasteiger partial charge in [-0.2, -0.15) is 0 Å². The zero-order valence-electron chi connectivity index (χ0n) is 11.1. The topological polar surface area (TPSA) is 20.2 Å². The van der Waals surface area contributed by atoms with Crippen molar-refractivity contribution >= 4 is 0 Å². The Morgan fingerprint density at radius 2 is 1.87 bits per heavy atom. The molecule has 0 radical (unpaired) electrons. The van der Waals surface area contributed by atoms with Crippen LogP contribution in [0.15, 0.2) is 23.3 Å². The summed E-state index contributed by atoms with van der Waals surface area (Å²) < 4.78 is 0. The second kappa shape index (κ2) is 6.12. The Morgan fingerprint density at radius 3 is 2.27 bits per heavy atom. The van der Waals surface area contributed by atoms with Gasteiger partial charge in [0.05, 0.1) is 6.10 Å². The van der Waals surface area contributed by atoms with Crippen molar-refractivity contribution < 1.29 is 5.11 Å². The molecule has 1 unspecified atom stereocenters. The van der Waals surface area contributed by atoms with Crippen molar-refractivity contribution in [2.24, 2.45) is 5.41 Å². The van der Waals surface area contributed by atoms with Gasteiger partial charge in [0, 0.05) is 0 Å². The van der Waals surface area contributed by atoms with E-state index in [1.807, 2.05) is 20.8 Å². The molecule has 1 aliphatic rings. The van der Waals surface area contributed by atoms with Gasteiger partial charge in [0.1, 0.15) is 0 Å². The molecule has 0 saturated carbocycles. The summed E-state index contributed by atoms with van der Waals surface area (Å²) >= 11 is 0. The molecule has 0 aromatic heterocycles. The molecule has 0 bridgehead atoms. The largest absolute Gasteiger partial charge is 0.393 e. The van der Waals surface area contributed by atoms with Crippen LogP contribution in [0.4, 0.5) is 0 Å². The SMILES string of the molecule is C/C=C/C1=C(C)CC(O)CC1(C)C.CC. The fourth-order valence-corrected chi connectivity index (χ4v) is 2.35. The molecule has 1 rings (SSSR count). The van der Waals surface area contributed by atoms with Gasteiger partial charge in [0.2, 0.25) is 0 Å². The van der Waals surface area contributed by atoms with Gasteiger partial charge in [0.25, 0.3) is 0 Å². The molecule has 0 heterocycles. The first-order chi connectivity index (χ1) is 6.97. The van der Waals surface area contributed by atoms with E-state index in [-0.39, 0.29) is 11.5 Å². The Labute approximate surface area is 94.9 Å². The van der Waals surface area contributed by atoms with E-state index in [1.165, 1.54) is 11.1 Å². The van der Waals surface area contributed by atoms with Crippen LogP contribution in [0, 0.1) is 5.41 Å². The first kappa shape index (κ1) is 14.4. The van der Waals surface area contributed by atoms with E-state index >= 15 is 0 Å². The van der Waals surface area contributed by atoms with E-state index in [9.17, 15) is 5.11 Å². The lowest BCUT2D eigenvalue weighted by molar-refractivity contribution is 0.116. The van der Waals surface area contributed by atoms with E-state index in [1.54, 1.807) is 0 Å². The van der Waals surface area contributed by atoms with Gasteiger partial charge < -0.3 is 5.11 Å². The Morgan fingerprint density at radius 1 is 1.33 bits per heavy atom. The molecular formula is C14H26O. The number of hydrogen-bond donors (Lipinski definition) is 1. The highest BCUT2D eigenvalue weighted by Gasteiger charge is 2.31. The summed E-state index contributed by atoms with van der Waals surface area (Å²) in [5.74, 6) is 0. The van der Waals surface area contributed by atoms with Crippen molar-refractivity contribution in [3.63, 3.8) is 0 Å². The van der Waals surface area contributed by atoms with Crippen LogP contribution in [0.1, 0.15) is 54.4 Å². The maximum atomic E-state index is 9.64. The maximum Gasteiger partial charge on any atom is 0.0585 e. The van der Waals surface area contributed by atoms with Crippen molar-refractivity contribution in [3.05, 3.63) is 23.3 Å². The molecule has 1 atom stereocenters. The molecule has 0 aliphatic heterocycles. The number of aliphatic hydroxyl groups is 1. The highest BCUT2D eigenvalue weighted by molar-refractivity contribution is 5.33. The molecule has 0 saturated heterocycles. The van der Waals surface area contributed by atoms with Crippen LogP contribution in [0.2, 0.25) is 0 Å². The molecule has 0 aromatic rings. The smallest absolute Gasteiger partial charge is 0.0585 e. The summed E-state index contributed by atoms with van der Waals surface area (Å²) in [6, 6.07) is 0. The average Bonchev–Trinajstić information content (AvgIpc) is 2.13. The molecule has 1 N–H and O–H groups in total. The second-order valence-corrected chi connectivity index (χ2v) is 4.64. The number of aliphatic hydroxyl groups excluding tert-OH is 1. The Kier molecular flexibility index (Phi) is 5.89. The molecule has 88 valence electrons. The van der Waals surface area contributed by atoms with Gasteiger partial charge in [0.15, 0.2) is 0 Å². The summed E-state index contributed by atoms with van der Waals surface area (Å²) in [5.41, 5.74) is 2.87. The van der Waals surface area contributed by atoms with Crippen molar-refractivity contribution in [3.8, 4) is 0 Å². The third kappa shape index (κ3) is 3.83. The number of rotatable bonds is 1. The van der Waals surface area contributed by atoms with Gasteiger partial charge in [-0.15, -0.1) is 0 Å². The molecule has 0 spiro atoms. The van der Waals surface area contributed by atoms with Gasteiger partial charge in [-0.25, -0.2) is 0 Å². The monoisotopic (exact) mass is 210 g/mol. The number of hydrogen-bond acceptors (Lipinski definition) is 1. The fraction of sp³-hybridized carbons (Fsp3) is 0.714. The Hall–Kier alpha value is -0.560. The van der Waals surface area contributed by atoms with E-state index in [4.69, 9.17) is 0 Å². The second-order valence-electron chi connectivity index (χ2n) is 4.64. The van der Waals surface area contributed by atoms with E-state index in [0.29, 0.717) is 0 Å². The van der Waals surface area contributed by atoms with Crippen molar-refractivity contribution in [1.29, 1.82) is 0 Å². The Bertz CT molecular complexity index is 246. The molecule has 1 nitrogen and oxygen atoms in total. The van der Waals surface area contributed by atoms with Crippen molar-refractivity contribution in [1.82, 2.24) is 0 Å². The van der Waals surface area contributed by atoms with Gasteiger partial charge in [-0.3, -0.25) is 0 Å². The first-order valence-corrected chi connectivity index (χ1v) is 5.98. The zero-order valence-corrected chi connectivity index (χ0v) is 11.1. The van der Waals surface area contributed by atoms with Crippen LogP contribution >= 0.6 is 0 Å². The predicted octanol–water partition coefficient (Wildman–Crippen LogP) is 4.09. The summed E-state index contributed by atoms with van der Waals surface area (Å²) in [6.07, 6.45) is 5.83. The average molecular weight is 210 g/mol. The van der Waals surface area contributed by atoms with Crippen LogP contribution in [0.3, 0.4) is 0 Å². The van der Waals surface area contributed by atoms with Gasteiger partial charge in [-0.05, 0) is 37.7 Å². The lowest BCUT2D eigenvalue weighted by atomic mass is 9.71. The van der Waals surface area contributed by atoms with Crippen LogP contribution in [0.25, 0.3) is 0 Å². The summed E-state index contributed by atoms with van der Waals surface area (Å²) in [7, 11) is 0. The summed E-state index contributed by atoms with van der Waals surface area (Å²) in [4.78, 5) is 0. The highest BCUT2D eigenvalue weighted by atomic mass is 16.3. The highest BCUT2D eigenvalue weighted by Crippen LogP contribution is 2.40. The quantitative estimate of drug-likeness (QED) is 0.691. The van der Waals surface area contributed by atoms with E-state index in [0.717, 1.165) is 12.8 Å². The van der Waals surface area contributed by atoms with Crippen molar-refractivity contribution in [2.45, 2.75) is 60.5 Å². The molecule has 1 aliphatic carbocycles. The number of allylic oxidation sites excluding steroid dienone is 3. The lowest BCUT2D eigenvalue weighted by Crippen LogP contribution is -2.28.